The molecule has 0 radical (unpaired) electrons. The Bertz CT molecular complexity index is 546. The summed E-state index contributed by atoms with van der Waals surface area (Å²) in [6, 6.07) is 1.68. The molecule has 0 N–H and O–H groups in total. The van der Waals surface area contributed by atoms with E-state index in [0.717, 1.165) is 19.3 Å². The second-order valence-electron chi connectivity index (χ2n) is 4.71. The Kier molecular flexibility index (Phi) is 2.65. The summed E-state index contributed by atoms with van der Waals surface area (Å²) >= 11 is 5.94. The lowest BCUT2D eigenvalue weighted by atomic mass is 10.1. The maximum atomic E-state index is 12.4. The molecular formula is C11H13ClN2O2S. The van der Waals surface area contributed by atoms with Gasteiger partial charge in [0.1, 0.15) is 4.90 Å². The van der Waals surface area contributed by atoms with Crippen LogP contribution in [0.4, 0.5) is 0 Å². The molecule has 0 aromatic carbocycles. The summed E-state index contributed by atoms with van der Waals surface area (Å²) in [6.45, 7) is 0.637. The van der Waals surface area contributed by atoms with Gasteiger partial charge in [-0.05, 0) is 31.2 Å². The molecule has 2 bridgehead atoms. The minimum Gasteiger partial charge on any atom is -0.263 e. The summed E-state index contributed by atoms with van der Waals surface area (Å²) in [5.74, 6) is 0.533. The smallest absolute Gasteiger partial charge is 0.246 e. The Labute approximate surface area is 106 Å². The second-order valence-corrected chi connectivity index (χ2v) is 6.98. The van der Waals surface area contributed by atoms with Gasteiger partial charge in [-0.3, -0.25) is 4.98 Å². The molecule has 1 aromatic heterocycles. The van der Waals surface area contributed by atoms with E-state index in [4.69, 9.17) is 11.6 Å². The van der Waals surface area contributed by atoms with Crippen molar-refractivity contribution in [3.8, 4) is 0 Å². The van der Waals surface area contributed by atoms with Crippen molar-refractivity contribution in [3.05, 3.63) is 23.5 Å². The summed E-state index contributed by atoms with van der Waals surface area (Å²) in [7, 11) is -3.46. The van der Waals surface area contributed by atoms with E-state index >= 15 is 0 Å². The largest absolute Gasteiger partial charge is 0.263 e. The molecule has 0 amide bonds. The molecule has 17 heavy (non-hydrogen) atoms. The molecule has 92 valence electrons. The number of fused-ring (bicyclic) bond motifs is 2. The number of hydrogen-bond acceptors (Lipinski definition) is 3. The van der Waals surface area contributed by atoms with Crippen molar-refractivity contribution in [3.63, 3.8) is 0 Å². The number of aromatic nitrogens is 1. The number of halogens is 1. The monoisotopic (exact) mass is 272 g/mol. The molecule has 2 atom stereocenters. The molecule has 2 aliphatic rings. The molecule has 2 unspecified atom stereocenters. The number of nitrogens with zero attached hydrogens (tertiary/aromatic N) is 2. The molecule has 0 spiro atoms. The Morgan fingerprint density at radius 2 is 2.24 bits per heavy atom. The van der Waals surface area contributed by atoms with E-state index in [1.165, 1.54) is 18.5 Å². The van der Waals surface area contributed by atoms with Crippen molar-refractivity contribution in [1.29, 1.82) is 0 Å². The fraction of sp³-hybridized carbons (Fsp3) is 0.545. The highest BCUT2D eigenvalue weighted by atomic mass is 35.5. The van der Waals surface area contributed by atoms with E-state index in [2.05, 4.69) is 4.98 Å². The number of piperidine rings is 1. The van der Waals surface area contributed by atoms with Gasteiger partial charge in [0.15, 0.2) is 0 Å². The van der Waals surface area contributed by atoms with Crippen molar-refractivity contribution in [1.82, 2.24) is 9.29 Å². The van der Waals surface area contributed by atoms with Crippen LogP contribution in [0.2, 0.25) is 5.02 Å². The lowest BCUT2D eigenvalue weighted by molar-refractivity contribution is 0.333. The van der Waals surface area contributed by atoms with Gasteiger partial charge in [-0.1, -0.05) is 11.6 Å². The predicted molar refractivity (Wildman–Crippen MR) is 64.3 cm³/mol. The lowest BCUT2D eigenvalue weighted by Crippen LogP contribution is -2.37. The summed E-state index contributed by atoms with van der Waals surface area (Å²) in [6.07, 6.45) is 5.96. The average molecular weight is 273 g/mol. The van der Waals surface area contributed by atoms with E-state index in [-0.39, 0.29) is 16.0 Å². The number of hydrogen-bond donors (Lipinski definition) is 0. The van der Waals surface area contributed by atoms with Crippen LogP contribution in [0.25, 0.3) is 0 Å². The Hall–Kier alpha value is -0.650. The summed E-state index contributed by atoms with van der Waals surface area (Å²) < 4.78 is 26.5. The van der Waals surface area contributed by atoms with Crippen LogP contribution >= 0.6 is 11.6 Å². The van der Waals surface area contributed by atoms with Gasteiger partial charge in [0.2, 0.25) is 10.0 Å². The zero-order valence-corrected chi connectivity index (χ0v) is 10.8. The van der Waals surface area contributed by atoms with Crippen LogP contribution in [0.1, 0.15) is 19.3 Å². The van der Waals surface area contributed by atoms with Crippen LogP contribution in [-0.2, 0) is 10.0 Å². The second kappa shape index (κ2) is 3.93. The van der Waals surface area contributed by atoms with Crippen molar-refractivity contribution in [2.45, 2.75) is 30.2 Å². The van der Waals surface area contributed by atoms with Crippen molar-refractivity contribution < 1.29 is 8.42 Å². The highest BCUT2D eigenvalue weighted by molar-refractivity contribution is 7.89. The Morgan fingerprint density at radius 3 is 2.82 bits per heavy atom. The number of rotatable bonds is 2. The van der Waals surface area contributed by atoms with Crippen LogP contribution in [0.3, 0.4) is 0 Å². The number of pyridine rings is 1. The topological polar surface area (TPSA) is 50.3 Å². The molecule has 1 aliphatic carbocycles. The standard InChI is InChI=1S/C11H13ClN2O2S/c12-10-3-4-13-6-11(10)17(15,16)14-7-8-1-2-9(14)5-8/h3-4,6,8-9H,1-2,5,7H2. The fourth-order valence-electron chi connectivity index (χ4n) is 2.85. The predicted octanol–water partition coefficient (Wildman–Crippen LogP) is 1.91. The third-order valence-corrected chi connectivity index (χ3v) is 6.07. The maximum absolute atomic E-state index is 12.4. The Balaban J connectivity index is 2.00. The van der Waals surface area contributed by atoms with Gasteiger partial charge in [0.25, 0.3) is 0 Å². The normalized spacial score (nSPS) is 28.8. The molecule has 1 aromatic rings. The highest BCUT2D eigenvalue weighted by Crippen LogP contribution is 2.41. The van der Waals surface area contributed by atoms with Gasteiger partial charge in [-0.2, -0.15) is 4.31 Å². The van der Waals surface area contributed by atoms with Crippen molar-refractivity contribution in [2.24, 2.45) is 5.92 Å². The van der Waals surface area contributed by atoms with E-state index in [9.17, 15) is 8.42 Å². The minimum absolute atomic E-state index is 0.134. The fourth-order valence-corrected chi connectivity index (χ4v) is 5.00. The quantitative estimate of drug-likeness (QED) is 0.826. The first-order valence-electron chi connectivity index (χ1n) is 5.70. The van der Waals surface area contributed by atoms with Gasteiger partial charge in [-0.25, -0.2) is 8.42 Å². The van der Waals surface area contributed by atoms with E-state index in [1.54, 1.807) is 4.31 Å². The third-order valence-electron chi connectivity index (χ3n) is 3.68. The highest BCUT2D eigenvalue weighted by Gasteiger charge is 2.44. The van der Waals surface area contributed by atoms with Gasteiger partial charge < -0.3 is 0 Å². The molecule has 1 saturated heterocycles. The van der Waals surface area contributed by atoms with Crippen molar-refractivity contribution in [2.75, 3.05) is 6.54 Å². The van der Waals surface area contributed by atoms with Crippen LogP contribution in [-0.4, -0.2) is 30.3 Å². The molecule has 2 fully saturated rings. The molecule has 3 rings (SSSR count). The van der Waals surface area contributed by atoms with Crippen LogP contribution in [0.15, 0.2) is 23.4 Å². The molecule has 4 nitrogen and oxygen atoms in total. The van der Waals surface area contributed by atoms with Crippen LogP contribution in [0, 0.1) is 5.92 Å². The Morgan fingerprint density at radius 1 is 1.41 bits per heavy atom. The third kappa shape index (κ3) is 1.77. The summed E-state index contributed by atoms with van der Waals surface area (Å²) in [5, 5.41) is 0.253. The molecule has 1 saturated carbocycles. The van der Waals surface area contributed by atoms with Crippen LogP contribution < -0.4 is 0 Å². The SMILES string of the molecule is O=S(=O)(c1cnccc1Cl)N1CC2CCC1C2. The first kappa shape index (κ1) is 11.4. The van der Waals surface area contributed by atoms with Gasteiger partial charge in [0, 0.05) is 25.0 Å². The number of sulfonamides is 1. The summed E-state index contributed by atoms with van der Waals surface area (Å²) in [5.41, 5.74) is 0. The van der Waals surface area contributed by atoms with Gasteiger partial charge >= 0.3 is 0 Å². The molecule has 2 heterocycles. The van der Waals surface area contributed by atoms with Gasteiger partial charge in [0.05, 0.1) is 5.02 Å². The average Bonchev–Trinajstić information content (AvgIpc) is 2.91. The van der Waals surface area contributed by atoms with Crippen LogP contribution in [0.5, 0.6) is 0 Å². The molecule has 6 heteroatoms. The molecule has 1 aliphatic heterocycles. The van der Waals surface area contributed by atoms with E-state index in [0.29, 0.717) is 12.5 Å². The maximum Gasteiger partial charge on any atom is 0.246 e. The zero-order valence-electron chi connectivity index (χ0n) is 9.21. The minimum atomic E-state index is -3.46. The van der Waals surface area contributed by atoms with Crippen molar-refractivity contribution >= 4 is 21.6 Å². The van der Waals surface area contributed by atoms with E-state index in [1.807, 2.05) is 0 Å². The van der Waals surface area contributed by atoms with Gasteiger partial charge in [-0.15, -0.1) is 0 Å². The summed E-state index contributed by atoms with van der Waals surface area (Å²) in [4.78, 5) is 3.99. The lowest BCUT2D eigenvalue weighted by Gasteiger charge is -2.26. The molecular weight excluding hydrogens is 260 g/mol. The zero-order chi connectivity index (χ0) is 12.0. The first-order chi connectivity index (χ1) is 8.09. The first-order valence-corrected chi connectivity index (χ1v) is 7.52. The van der Waals surface area contributed by atoms with E-state index < -0.39 is 10.0 Å².